The zero-order chi connectivity index (χ0) is 26.6. The zero-order valence-electron chi connectivity index (χ0n) is 22.7. The van der Waals surface area contributed by atoms with E-state index in [0.717, 1.165) is 50.9 Å². The fraction of sp³-hybridized carbons (Fsp3) is 0.481. The van der Waals surface area contributed by atoms with Crippen LogP contribution in [0.3, 0.4) is 0 Å². The van der Waals surface area contributed by atoms with Crippen LogP contribution in [0.5, 0.6) is 5.75 Å². The maximum Gasteiger partial charge on any atom is 0.189 e. The molecule has 0 aliphatic rings. The molecule has 9 nitrogen and oxygen atoms in total. The van der Waals surface area contributed by atoms with E-state index in [1.54, 1.807) is 25.6 Å². The predicted molar refractivity (Wildman–Crippen MR) is 148 cm³/mol. The first-order chi connectivity index (χ1) is 17.8. The summed E-state index contributed by atoms with van der Waals surface area (Å²) in [5.41, 5.74) is 3.43. The number of anilines is 1. The highest BCUT2D eigenvalue weighted by molar-refractivity contribution is 7.16. The SMILES string of the molecule is CCN(CCOCCOC)c1cnc(/C=c2/c(C(C)(C)C)nn3c(-c4cc(C)ccc4OC)nnc23)s1. The molecule has 0 spiro atoms. The van der Waals surface area contributed by atoms with Crippen LogP contribution >= 0.6 is 11.3 Å². The minimum Gasteiger partial charge on any atom is -0.496 e. The molecule has 1 aromatic carbocycles. The summed E-state index contributed by atoms with van der Waals surface area (Å²) in [5.74, 6) is 1.40. The van der Waals surface area contributed by atoms with Crippen molar-refractivity contribution in [2.45, 2.75) is 40.0 Å². The van der Waals surface area contributed by atoms with Gasteiger partial charge in [0.1, 0.15) is 15.8 Å². The van der Waals surface area contributed by atoms with Crippen molar-refractivity contribution in [2.24, 2.45) is 0 Å². The first kappa shape index (κ1) is 27.0. The maximum absolute atomic E-state index is 5.66. The molecule has 0 amide bonds. The number of thiazole rings is 1. The number of fused-ring (bicyclic) bond motifs is 1. The molecule has 0 unspecified atom stereocenters. The summed E-state index contributed by atoms with van der Waals surface area (Å²) in [6, 6.07) is 6.02. The minimum absolute atomic E-state index is 0.199. The van der Waals surface area contributed by atoms with Gasteiger partial charge in [-0.3, -0.25) is 0 Å². The minimum atomic E-state index is -0.199. The molecular weight excluding hydrogens is 488 g/mol. The number of rotatable bonds is 11. The van der Waals surface area contributed by atoms with Gasteiger partial charge >= 0.3 is 0 Å². The lowest BCUT2D eigenvalue weighted by Crippen LogP contribution is -2.26. The van der Waals surface area contributed by atoms with E-state index in [1.165, 1.54) is 0 Å². The molecule has 0 atom stereocenters. The van der Waals surface area contributed by atoms with E-state index in [-0.39, 0.29) is 5.41 Å². The fourth-order valence-electron chi connectivity index (χ4n) is 4.11. The molecule has 0 N–H and O–H groups in total. The summed E-state index contributed by atoms with van der Waals surface area (Å²) >= 11 is 1.64. The summed E-state index contributed by atoms with van der Waals surface area (Å²) in [6.07, 6.45) is 4.00. The molecular formula is C27H36N6O3S. The number of ether oxygens (including phenoxy) is 3. The molecule has 0 radical (unpaired) electrons. The molecule has 0 saturated carbocycles. The van der Waals surface area contributed by atoms with Gasteiger partial charge < -0.3 is 19.1 Å². The maximum atomic E-state index is 5.66. The van der Waals surface area contributed by atoms with Crippen molar-refractivity contribution in [1.29, 1.82) is 0 Å². The first-order valence-corrected chi connectivity index (χ1v) is 13.3. The molecule has 10 heteroatoms. The van der Waals surface area contributed by atoms with Crippen molar-refractivity contribution < 1.29 is 14.2 Å². The molecule has 0 fully saturated rings. The van der Waals surface area contributed by atoms with Gasteiger partial charge in [0.2, 0.25) is 0 Å². The summed E-state index contributed by atoms with van der Waals surface area (Å²) < 4.78 is 18.1. The number of nitrogens with zero attached hydrogens (tertiary/aromatic N) is 6. The van der Waals surface area contributed by atoms with Crippen molar-refractivity contribution in [3.05, 3.63) is 45.9 Å². The molecule has 0 bridgehead atoms. The Labute approximate surface area is 222 Å². The second-order valence-corrected chi connectivity index (χ2v) is 10.9. The van der Waals surface area contributed by atoms with Crippen molar-refractivity contribution in [1.82, 2.24) is 24.8 Å². The van der Waals surface area contributed by atoms with Crippen LogP contribution in [-0.2, 0) is 14.9 Å². The molecule has 4 rings (SSSR count). The van der Waals surface area contributed by atoms with Gasteiger partial charge in [0, 0.05) is 30.8 Å². The van der Waals surface area contributed by atoms with E-state index in [4.69, 9.17) is 24.3 Å². The van der Waals surface area contributed by atoms with Crippen molar-refractivity contribution >= 4 is 28.1 Å². The molecule has 37 heavy (non-hydrogen) atoms. The third kappa shape index (κ3) is 5.92. The Morgan fingerprint density at radius 3 is 2.62 bits per heavy atom. The highest BCUT2D eigenvalue weighted by atomic mass is 32.1. The van der Waals surface area contributed by atoms with E-state index in [9.17, 15) is 0 Å². The number of methoxy groups -OCH3 is 2. The summed E-state index contributed by atoms with van der Waals surface area (Å²) in [4.78, 5) is 6.98. The molecule has 0 aliphatic heterocycles. The van der Waals surface area contributed by atoms with Crippen LogP contribution in [0.15, 0.2) is 24.4 Å². The lowest BCUT2D eigenvalue weighted by atomic mass is 9.91. The molecule has 198 valence electrons. The molecule has 4 aromatic rings. The Kier molecular flexibility index (Phi) is 8.41. The van der Waals surface area contributed by atoms with Crippen molar-refractivity contribution in [3.63, 3.8) is 0 Å². The van der Waals surface area contributed by atoms with Gasteiger partial charge in [0.05, 0.1) is 44.4 Å². The van der Waals surface area contributed by atoms with Gasteiger partial charge in [-0.2, -0.15) is 9.61 Å². The first-order valence-electron chi connectivity index (χ1n) is 12.5. The second-order valence-electron chi connectivity index (χ2n) is 9.84. The van der Waals surface area contributed by atoms with E-state index in [1.807, 2.05) is 29.8 Å². The Morgan fingerprint density at radius 2 is 1.92 bits per heavy atom. The Balaban J connectivity index is 1.72. The molecule has 3 aromatic heterocycles. The van der Waals surface area contributed by atoms with Gasteiger partial charge in [0.15, 0.2) is 11.5 Å². The standard InChI is InChI=1S/C27H36N6O3S/c1-8-32(11-12-36-14-13-34-6)23-17-28-22(37-23)16-20-24(27(3,4)5)31-33-25(29-30-26(20)33)19-15-18(2)9-10-21(19)35-7/h9-10,15-17H,8,11-14H2,1-7H3/b20-16-. The Morgan fingerprint density at radius 1 is 1.11 bits per heavy atom. The Bertz CT molecular complexity index is 1390. The monoisotopic (exact) mass is 524 g/mol. The molecule has 3 heterocycles. The predicted octanol–water partition coefficient (Wildman–Crippen LogP) is 3.90. The molecule has 0 saturated heterocycles. The summed E-state index contributed by atoms with van der Waals surface area (Å²) in [5, 5.41) is 17.0. The summed E-state index contributed by atoms with van der Waals surface area (Å²) in [7, 11) is 3.34. The number of aryl methyl sites for hydroxylation is 1. The van der Waals surface area contributed by atoms with Gasteiger partial charge in [-0.25, -0.2) is 4.98 Å². The highest BCUT2D eigenvalue weighted by Crippen LogP contribution is 2.30. The van der Waals surface area contributed by atoms with Crippen LogP contribution in [0.25, 0.3) is 23.1 Å². The smallest absolute Gasteiger partial charge is 0.189 e. The van der Waals surface area contributed by atoms with Crippen LogP contribution in [0.2, 0.25) is 0 Å². The van der Waals surface area contributed by atoms with E-state index in [0.29, 0.717) is 31.3 Å². The van der Waals surface area contributed by atoms with Gasteiger partial charge in [0.25, 0.3) is 0 Å². The largest absolute Gasteiger partial charge is 0.496 e. The average molecular weight is 525 g/mol. The number of hydrogen-bond donors (Lipinski definition) is 0. The van der Waals surface area contributed by atoms with Crippen LogP contribution in [-0.4, -0.2) is 71.9 Å². The van der Waals surface area contributed by atoms with Gasteiger partial charge in [-0.1, -0.05) is 43.7 Å². The normalized spacial score (nSPS) is 12.6. The lowest BCUT2D eigenvalue weighted by Gasteiger charge is -2.20. The third-order valence-corrected chi connectivity index (χ3v) is 7.06. The fourth-order valence-corrected chi connectivity index (χ4v) is 5.06. The number of likely N-dealkylation sites (N-methyl/N-ethyl adjacent to an activating group) is 1. The molecule has 0 aliphatic carbocycles. The topological polar surface area (TPSA) is 86.9 Å². The van der Waals surface area contributed by atoms with E-state index in [2.05, 4.69) is 54.9 Å². The number of benzene rings is 1. The third-order valence-electron chi connectivity index (χ3n) is 6.05. The van der Waals surface area contributed by atoms with Crippen molar-refractivity contribution in [3.8, 4) is 17.1 Å². The van der Waals surface area contributed by atoms with Crippen LogP contribution in [0, 0.1) is 6.92 Å². The lowest BCUT2D eigenvalue weighted by molar-refractivity contribution is 0.0741. The highest BCUT2D eigenvalue weighted by Gasteiger charge is 2.25. The second kappa shape index (κ2) is 11.5. The summed E-state index contributed by atoms with van der Waals surface area (Å²) in [6.45, 7) is 14.2. The van der Waals surface area contributed by atoms with Gasteiger partial charge in [-0.05, 0) is 32.1 Å². The number of hydrogen-bond acceptors (Lipinski definition) is 9. The number of aromatic nitrogens is 5. The van der Waals surface area contributed by atoms with Crippen LogP contribution < -0.4 is 14.9 Å². The van der Waals surface area contributed by atoms with Crippen LogP contribution in [0.4, 0.5) is 5.00 Å². The zero-order valence-corrected chi connectivity index (χ0v) is 23.6. The van der Waals surface area contributed by atoms with E-state index < -0.39 is 0 Å². The van der Waals surface area contributed by atoms with Crippen molar-refractivity contribution in [2.75, 3.05) is 52.0 Å². The van der Waals surface area contributed by atoms with Crippen LogP contribution in [0.1, 0.15) is 44.0 Å². The Hall–Kier alpha value is -3.08. The average Bonchev–Trinajstić information content (AvgIpc) is 3.58. The quantitative estimate of drug-likeness (QED) is 0.273. The van der Waals surface area contributed by atoms with E-state index >= 15 is 0 Å². The van der Waals surface area contributed by atoms with Gasteiger partial charge in [-0.15, -0.1) is 10.2 Å².